The van der Waals surface area contributed by atoms with Crippen LogP contribution in [0.25, 0.3) is 0 Å². The highest BCUT2D eigenvalue weighted by atomic mass is 32.2. The zero-order chi connectivity index (χ0) is 9.61. The molecule has 0 rings (SSSR count). The molecule has 0 aromatic rings. The van der Waals surface area contributed by atoms with Gasteiger partial charge in [-0.05, 0) is 19.1 Å². The number of rotatable bonds is 5. The van der Waals surface area contributed by atoms with Gasteiger partial charge in [0, 0.05) is 4.75 Å². The van der Waals surface area contributed by atoms with Gasteiger partial charge in [0.1, 0.15) is 0 Å². The van der Waals surface area contributed by atoms with Crippen molar-refractivity contribution in [3.63, 3.8) is 0 Å². The Morgan fingerprint density at radius 1 is 1.33 bits per heavy atom. The minimum atomic E-state index is 0.190. The topological polar surface area (TPSA) is 64.4 Å². The number of aliphatic imine (C=N–C) groups is 1. The van der Waals surface area contributed by atoms with Crippen LogP contribution >= 0.6 is 11.8 Å². The van der Waals surface area contributed by atoms with Gasteiger partial charge < -0.3 is 11.5 Å². The molecule has 0 atom stereocenters. The molecule has 12 heavy (non-hydrogen) atoms. The lowest BCUT2D eigenvalue weighted by Crippen LogP contribution is -2.30. The molecule has 0 heterocycles. The predicted molar refractivity (Wildman–Crippen MR) is 57.5 cm³/mol. The first-order valence-electron chi connectivity index (χ1n) is 4.20. The summed E-state index contributed by atoms with van der Waals surface area (Å²) >= 11 is 1.84. The van der Waals surface area contributed by atoms with Crippen LogP contribution in [0.5, 0.6) is 0 Å². The van der Waals surface area contributed by atoms with Crippen LogP contribution in [0.4, 0.5) is 0 Å². The number of hydrogen-bond donors (Lipinski definition) is 2. The lowest BCUT2D eigenvalue weighted by molar-refractivity contribution is 0.560. The molecule has 0 aliphatic heterocycles. The summed E-state index contributed by atoms with van der Waals surface area (Å²) in [6.07, 6.45) is 4.30. The highest BCUT2D eigenvalue weighted by Crippen LogP contribution is 2.30. The predicted octanol–water partition coefficient (Wildman–Crippen LogP) is 1.18. The minimum absolute atomic E-state index is 0.190. The van der Waals surface area contributed by atoms with E-state index in [0.29, 0.717) is 0 Å². The van der Waals surface area contributed by atoms with E-state index < -0.39 is 0 Å². The molecule has 0 aliphatic rings. The molecule has 0 fully saturated rings. The number of thioether (sulfide) groups is 1. The Labute approximate surface area is 79.0 Å². The van der Waals surface area contributed by atoms with Gasteiger partial charge >= 0.3 is 0 Å². The van der Waals surface area contributed by atoms with Crippen molar-refractivity contribution in [3.8, 4) is 0 Å². The Kier molecular flexibility index (Phi) is 5.13. The number of hydrogen-bond acceptors (Lipinski definition) is 2. The number of nitrogens with two attached hydrogens (primary N) is 2. The molecule has 0 radical (unpaired) electrons. The molecule has 0 spiro atoms. The maximum absolute atomic E-state index is 5.28. The maximum Gasteiger partial charge on any atom is 0.185 e. The van der Waals surface area contributed by atoms with Crippen LogP contribution in [0.15, 0.2) is 4.99 Å². The lowest BCUT2D eigenvalue weighted by atomic mass is 10.0. The first-order valence-corrected chi connectivity index (χ1v) is 5.43. The van der Waals surface area contributed by atoms with E-state index in [1.54, 1.807) is 0 Å². The van der Waals surface area contributed by atoms with Gasteiger partial charge in [0.25, 0.3) is 0 Å². The first-order chi connectivity index (χ1) is 5.60. The van der Waals surface area contributed by atoms with Gasteiger partial charge in [-0.25, -0.2) is 0 Å². The fourth-order valence-electron chi connectivity index (χ4n) is 1.06. The van der Waals surface area contributed by atoms with Crippen LogP contribution < -0.4 is 11.5 Å². The van der Waals surface area contributed by atoms with Crippen LogP contribution in [0.3, 0.4) is 0 Å². The van der Waals surface area contributed by atoms with Crippen molar-refractivity contribution < 1.29 is 0 Å². The molecule has 3 nitrogen and oxygen atoms in total. The average molecular weight is 189 g/mol. The fraction of sp³-hybridized carbons (Fsp3) is 0.875. The Balaban J connectivity index is 4.20. The third-order valence-corrected chi connectivity index (χ3v) is 3.84. The van der Waals surface area contributed by atoms with Gasteiger partial charge in [-0.3, -0.25) is 4.99 Å². The number of guanidine groups is 1. The Hall–Kier alpha value is -0.380. The highest BCUT2D eigenvalue weighted by molar-refractivity contribution is 8.00. The summed E-state index contributed by atoms with van der Waals surface area (Å²) in [5, 5.41) is 0. The van der Waals surface area contributed by atoms with Crippen molar-refractivity contribution in [2.75, 3.05) is 12.8 Å². The van der Waals surface area contributed by atoms with E-state index in [1.807, 2.05) is 11.8 Å². The van der Waals surface area contributed by atoms with Crippen molar-refractivity contribution in [2.24, 2.45) is 16.5 Å². The van der Waals surface area contributed by atoms with Crippen molar-refractivity contribution in [3.05, 3.63) is 0 Å². The largest absolute Gasteiger partial charge is 0.370 e. The summed E-state index contributed by atoms with van der Waals surface area (Å²) in [4.78, 5) is 4.06. The van der Waals surface area contributed by atoms with Crippen molar-refractivity contribution in [1.29, 1.82) is 0 Å². The second kappa shape index (κ2) is 5.30. The Morgan fingerprint density at radius 3 is 2.08 bits per heavy atom. The molecular formula is C8H19N3S. The zero-order valence-electron chi connectivity index (χ0n) is 8.13. The molecule has 0 amide bonds. The van der Waals surface area contributed by atoms with E-state index >= 15 is 0 Å². The summed E-state index contributed by atoms with van der Waals surface area (Å²) in [6.45, 7) is 5.06. The molecular weight excluding hydrogens is 170 g/mol. The van der Waals surface area contributed by atoms with E-state index in [2.05, 4.69) is 25.1 Å². The quantitative estimate of drug-likeness (QED) is 0.504. The van der Waals surface area contributed by atoms with Gasteiger partial charge in [0.15, 0.2) is 5.96 Å². The summed E-state index contributed by atoms with van der Waals surface area (Å²) in [7, 11) is 0. The monoisotopic (exact) mass is 189 g/mol. The first kappa shape index (κ1) is 11.6. The molecule has 0 aromatic carbocycles. The van der Waals surface area contributed by atoms with E-state index in [4.69, 9.17) is 11.5 Å². The summed E-state index contributed by atoms with van der Waals surface area (Å²) in [5.74, 6) is 0.190. The SMILES string of the molecule is CCC(CC)(CN=C(N)N)SC. The Morgan fingerprint density at radius 2 is 1.83 bits per heavy atom. The van der Waals surface area contributed by atoms with Crippen molar-refractivity contribution >= 4 is 17.7 Å². The third kappa shape index (κ3) is 3.34. The fourth-order valence-corrected chi connectivity index (χ4v) is 1.83. The molecule has 0 aromatic heterocycles. The maximum atomic E-state index is 5.28. The van der Waals surface area contributed by atoms with Gasteiger partial charge in [-0.15, -0.1) is 0 Å². The Bertz CT molecular complexity index is 140. The van der Waals surface area contributed by atoms with Crippen molar-refractivity contribution in [1.82, 2.24) is 0 Å². The standard InChI is InChI=1S/C8H19N3S/c1-4-8(5-2,12-3)6-11-7(9)10/h4-6H2,1-3H3,(H4,9,10,11). The van der Waals surface area contributed by atoms with Crippen LogP contribution in [-0.4, -0.2) is 23.5 Å². The smallest absolute Gasteiger partial charge is 0.185 e. The summed E-state index contributed by atoms with van der Waals surface area (Å²) in [5.41, 5.74) is 10.6. The van der Waals surface area contributed by atoms with Crippen LogP contribution in [0.2, 0.25) is 0 Å². The summed E-state index contributed by atoms with van der Waals surface area (Å²) < 4.78 is 0.226. The molecule has 0 saturated carbocycles. The average Bonchev–Trinajstić information content (AvgIpc) is 2.08. The van der Waals surface area contributed by atoms with Crippen LogP contribution in [0, 0.1) is 0 Å². The second-order valence-corrected chi connectivity index (χ2v) is 4.11. The molecule has 0 aliphatic carbocycles. The second-order valence-electron chi connectivity index (χ2n) is 2.84. The lowest BCUT2D eigenvalue weighted by Gasteiger charge is -2.27. The van der Waals surface area contributed by atoms with E-state index in [9.17, 15) is 0 Å². The zero-order valence-corrected chi connectivity index (χ0v) is 8.95. The van der Waals surface area contributed by atoms with E-state index in [-0.39, 0.29) is 10.7 Å². The summed E-state index contributed by atoms with van der Waals surface area (Å²) in [6, 6.07) is 0. The molecule has 72 valence electrons. The number of nitrogens with zero attached hydrogens (tertiary/aromatic N) is 1. The molecule has 4 N–H and O–H groups in total. The highest BCUT2D eigenvalue weighted by Gasteiger charge is 2.24. The van der Waals surface area contributed by atoms with Gasteiger partial charge in [-0.1, -0.05) is 13.8 Å². The molecule has 0 saturated heterocycles. The molecule has 0 unspecified atom stereocenters. The molecule has 4 heteroatoms. The van der Waals surface area contributed by atoms with Gasteiger partial charge in [-0.2, -0.15) is 11.8 Å². The minimum Gasteiger partial charge on any atom is -0.370 e. The molecule has 0 bridgehead atoms. The third-order valence-electron chi connectivity index (χ3n) is 2.27. The van der Waals surface area contributed by atoms with Gasteiger partial charge in [0.2, 0.25) is 0 Å². The van der Waals surface area contributed by atoms with Crippen LogP contribution in [-0.2, 0) is 0 Å². The van der Waals surface area contributed by atoms with Gasteiger partial charge in [0.05, 0.1) is 6.54 Å². The van der Waals surface area contributed by atoms with E-state index in [1.165, 1.54) is 0 Å². The van der Waals surface area contributed by atoms with Crippen LogP contribution in [0.1, 0.15) is 26.7 Å². The van der Waals surface area contributed by atoms with Crippen molar-refractivity contribution in [2.45, 2.75) is 31.4 Å². The van der Waals surface area contributed by atoms with E-state index in [0.717, 1.165) is 19.4 Å². The normalized spacial score (nSPS) is 11.2.